The predicted octanol–water partition coefficient (Wildman–Crippen LogP) is 1.09. The number of halogens is 1. The Balaban J connectivity index is 0.00000312. The number of aliphatic imine (C=N–C) groups is 1. The van der Waals surface area contributed by atoms with E-state index in [-0.39, 0.29) is 30.1 Å². The van der Waals surface area contributed by atoms with Gasteiger partial charge in [-0.2, -0.15) is 0 Å². The molecule has 1 fully saturated rings. The molecule has 1 aromatic carbocycles. The molecule has 1 aromatic rings. The normalized spacial score (nSPS) is 18.4. The molecule has 0 saturated carbocycles. The number of morpholine rings is 1. The van der Waals surface area contributed by atoms with Gasteiger partial charge in [0.1, 0.15) is 12.4 Å². The number of guanidine groups is 1. The van der Waals surface area contributed by atoms with Crippen LogP contribution in [0.1, 0.15) is 6.92 Å². The highest BCUT2D eigenvalue weighted by molar-refractivity contribution is 14.0. The summed E-state index contributed by atoms with van der Waals surface area (Å²) in [6.07, 6.45) is 1.26. The summed E-state index contributed by atoms with van der Waals surface area (Å²) in [6.45, 7) is 4.98. The van der Waals surface area contributed by atoms with Crippen molar-refractivity contribution < 1.29 is 17.9 Å². The van der Waals surface area contributed by atoms with E-state index in [1.165, 1.54) is 0 Å². The fraction of sp³-hybridized carbons (Fsp3) is 0.533. The molecule has 0 bridgehead atoms. The van der Waals surface area contributed by atoms with Gasteiger partial charge in [-0.15, -0.1) is 24.0 Å². The van der Waals surface area contributed by atoms with E-state index in [9.17, 15) is 8.42 Å². The molecule has 2 rings (SSSR count). The van der Waals surface area contributed by atoms with Crippen molar-refractivity contribution in [3.63, 3.8) is 0 Å². The van der Waals surface area contributed by atoms with Gasteiger partial charge in [-0.3, -0.25) is 4.72 Å². The number of anilines is 1. The monoisotopic (exact) mass is 484 g/mol. The first-order valence-electron chi connectivity index (χ1n) is 7.70. The highest BCUT2D eigenvalue weighted by Crippen LogP contribution is 2.16. The Hall–Kier alpha value is -1.27. The lowest BCUT2D eigenvalue weighted by Crippen LogP contribution is -2.48. The SMILES string of the molecule is CC1CN(C(N)=NCCOc2ccc(NS(C)(=O)=O)cc2)CCO1.I. The van der Waals surface area contributed by atoms with Crippen LogP contribution in [0.3, 0.4) is 0 Å². The van der Waals surface area contributed by atoms with Crippen molar-refractivity contribution in [1.29, 1.82) is 0 Å². The first kappa shape index (κ1) is 21.8. The maximum Gasteiger partial charge on any atom is 0.229 e. The first-order valence-corrected chi connectivity index (χ1v) is 9.60. The summed E-state index contributed by atoms with van der Waals surface area (Å²) in [4.78, 5) is 6.31. The molecule has 142 valence electrons. The molecule has 1 heterocycles. The second-order valence-corrected chi connectivity index (χ2v) is 7.36. The Kier molecular flexibility index (Phi) is 8.73. The molecule has 10 heteroatoms. The number of hydrogen-bond acceptors (Lipinski definition) is 5. The zero-order chi connectivity index (χ0) is 17.6. The lowest BCUT2D eigenvalue weighted by Gasteiger charge is -2.31. The summed E-state index contributed by atoms with van der Waals surface area (Å²) in [5, 5.41) is 0. The summed E-state index contributed by atoms with van der Waals surface area (Å²) in [7, 11) is -3.27. The van der Waals surface area contributed by atoms with Gasteiger partial charge in [0.05, 0.1) is 25.5 Å². The van der Waals surface area contributed by atoms with Crippen LogP contribution < -0.4 is 15.2 Å². The number of benzene rings is 1. The van der Waals surface area contributed by atoms with E-state index in [0.29, 0.717) is 37.2 Å². The number of hydrogen-bond donors (Lipinski definition) is 2. The Morgan fingerprint density at radius 3 is 2.72 bits per heavy atom. The summed E-state index contributed by atoms with van der Waals surface area (Å²) < 4.78 is 35.7. The van der Waals surface area contributed by atoms with Gasteiger partial charge in [0.2, 0.25) is 10.0 Å². The number of nitrogens with one attached hydrogen (secondary N) is 1. The van der Waals surface area contributed by atoms with Crippen molar-refractivity contribution in [3.8, 4) is 5.75 Å². The summed E-state index contributed by atoms with van der Waals surface area (Å²) in [5.74, 6) is 1.14. The molecular weight excluding hydrogens is 459 g/mol. The fourth-order valence-corrected chi connectivity index (χ4v) is 2.85. The minimum atomic E-state index is -3.27. The zero-order valence-electron chi connectivity index (χ0n) is 14.3. The molecule has 0 amide bonds. The third-order valence-electron chi connectivity index (χ3n) is 3.36. The molecule has 1 aliphatic heterocycles. The highest BCUT2D eigenvalue weighted by atomic mass is 127. The van der Waals surface area contributed by atoms with Gasteiger partial charge >= 0.3 is 0 Å². The number of nitrogens with two attached hydrogens (primary N) is 1. The van der Waals surface area contributed by atoms with E-state index in [0.717, 1.165) is 19.3 Å². The van der Waals surface area contributed by atoms with Crippen LogP contribution in [0.25, 0.3) is 0 Å². The molecule has 3 N–H and O–H groups in total. The Morgan fingerprint density at radius 2 is 2.12 bits per heavy atom. The molecule has 1 atom stereocenters. The van der Waals surface area contributed by atoms with Crippen LogP contribution in [-0.4, -0.2) is 64.5 Å². The van der Waals surface area contributed by atoms with Crippen LogP contribution in [0, 0.1) is 0 Å². The van der Waals surface area contributed by atoms with Crippen molar-refractivity contribution >= 4 is 45.6 Å². The second-order valence-electron chi connectivity index (χ2n) is 5.61. The largest absolute Gasteiger partial charge is 0.492 e. The van der Waals surface area contributed by atoms with Gasteiger partial charge in [-0.1, -0.05) is 0 Å². The zero-order valence-corrected chi connectivity index (χ0v) is 17.5. The number of rotatable bonds is 6. The van der Waals surface area contributed by atoms with Crippen LogP contribution in [0.2, 0.25) is 0 Å². The maximum atomic E-state index is 11.1. The van der Waals surface area contributed by atoms with Crippen LogP contribution in [0.5, 0.6) is 5.75 Å². The second kappa shape index (κ2) is 10.0. The number of sulfonamides is 1. The molecule has 0 aliphatic carbocycles. The van der Waals surface area contributed by atoms with E-state index >= 15 is 0 Å². The topological polar surface area (TPSA) is 106 Å². The van der Waals surface area contributed by atoms with Crippen LogP contribution in [-0.2, 0) is 14.8 Å². The van der Waals surface area contributed by atoms with E-state index in [4.69, 9.17) is 15.2 Å². The highest BCUT2D eigenvalue weighted by Gasteiger charge is 2.17. The van der Waals surface area contributed by atoms with Crippen LogP contribution in [0.15, 0.2) is 29.3 Å². The van der Waals surface area contributed by atoms with Crippen molar-refractivity contribution in [2.24, 2.45) is 10.7 Å². The minimum absolute atomic E-state index is 0. The molecule has 25 heavy (non-hydrogen) atoms. The average molecular weight is 484 g/mol. The van der Waals surface area contributed by atoms with Crippen molar-refractivity contribution in [2.75, 3.05) is 43.8 Å². The average Bonchev–Trinajstić information content (AvgIpc) is 2.51. The maximum absolute atomic E-state index is 11.1. The lowest BCUT2D eigenvalue weighted by molar-refractivity contribution is 0.00528. The number of nitrogens with zero attached hydrogens (tertiary/aromatic N) is 2. The van der Waals surface area contributed by atoms with E-state index < -0.39 is 10.0 Å². The van der Waals surface area contributed by atoms with Gasteiger partial charge < -0.3 is 20.1 Å². The molecule has 0 spiro atoms. The summed E-state index contributed by atoms with van der Waals surface area (Å²) in [5.41, 5.74) is 6.46. The lowest BCUT2D eigenvalue weighted by atomic mass is 10.3. The summed E-state index contributed by atoms with van der Waals surface area (Å²) in [6, 6.07) is 6.68. The molecule has 8 nitrogen and oxygen atoms in total. The van der Waals surface area contributed by atoms with Crippen molar-refractivity contribution in [3.05, 3.63) is 24.3 Å². The smallest absolute Gasteiger partial charge is 0.229 e. The Morgan fingerprint density at radius 1 is 1.44 bits per heavy atom. The molecular formula is C15H25IN4O4S. The Bertz CT molecular complexity index is 667. The van der Waals surface area contributed by atoms with Crippen molar-refractivity contribution in [1.82, 2.24) is 4.90 Å². The van der Waals surface area contributed by atoms with Gasteiger partial charge in [-0.05, 0) is 31.2 Å². The minimum Gasteiger partial charge on any atom is -0.492 e. The summed E-state index contributed by atoms with van der Waals surface area (Å²) >= 11 is 0. The van der Waals surface area contributed by atoms with Gasteiger partial charge in [-0.25, -0.2) is 13.4 Å². The van der Waals surface area contributed by atoms with E-state index in [1.54, 1.807) is 24.3 Å². The predicted molar refractivity (Wildman–Crippen MR) is 109 cm³/mol. The molecule has 1 aliphatic rings. The quantitative estimate of drug-likeness (QED) is 0.271. The standard InChI is InChI=1S/C15H24N4O4S.HI/c1-12-11-19(8-10-22-12)15(16)17-7-9-23-14-5-3-13(4-6-14)18-24(2,20)21;/h3-6,12,18H,7-11H2,1-2H3,(H2,16,17);1H. The van der Waals surface area contributed by atoms with Gasteiger partial charge in [0.15, 0.2) is 5.96 Å². The van der Waals surface area contributed by atoms with E-state index in [2.05, 4.69) is 9.71 Å². The molecule has 0 radical (unpaired) electrons. The van der Waals surface area contributed by atoms with Crippen molar-refractivity contribution in [2.45, 2.75) is 13.0 Å². The molecule has 1 unspecified atom stereocenters. The van der Waals surface area contributed by atoms with Gasteiger partial charge in [0, 0.05) is 18.8 Å². The first-order chi connectivity index (χ1) is 11.3. The molecule has 0 aromatic heterocycles. The fourth-order valence-electron chi connectivity index (χ4n) is 2.28. The molecule has 1 saturated heterocycles. The van der Waals surface area contributed by atoms with Gasteiger partial charge in [0.25, 0.3) is 0 Å². The van der Waals surface area contributed by atoms with E-state index in [1.807, 2.05) is 11.8 Å². The third-order valence-corrected chi connectivity index (χ3v) is 3.96. The number of ether oxygens (including phenoxy) is 2. The van der Waals surface area contributed by atoms with Crippen LogP contribution in [0.4, 0.5) is 5.69 Å². The van der Waals surface area contributed by atoms with Crippen LogP contribution >= 0.6 is 24.0 Å². The third kappa shape index (κ3) is 8.10. The Labute approximate surface area is 165 Å².